The average Bonchev–Trinajstić information content (AvgIpc) is 3.29. The zero-order chi connectivity index (χ0) is 18.1. The SMILES string of the molecule is Cn1cc(C(=O)CC2CCCN2C(=O)c2cccc3ncccc23)cn1. The quantitative estimate of drug-likeness (QED) is 0.680. The molecule has 1 unspecified atom stereocenters. The second kappa shape index (κ2) is 6.71. The van der Waals surface area contributed by atoms with Crippen LogP contribution in [-0.2, 0) is 7.05 Å². The van der Waals surface area contributed by atoms with E-state index < -0.39 is 0 Å². The molecule has 0 N–H and O–H groups in total. The van der Waals surface area contributed by atoms with Gasteiger partial charge in [-0.3, -0.25) is 19.3 Å². The highest BCUT2D eigenvalue weighted by Gasteiger charge is 2.32. The lowest BCUT2D eigenvalue weighted by molar-refractivity contribution is 0.0719. The molecule has 0 radical (unpaired) electrons. The number of carbonyl (C=O) groups is 2. The van der Waals surface area contributed by atoms with E-state index in [2.05, 4.69) is 10.1 Å². The third kappa shape index (κ3) is 2.98. The fourth-order valence-corrected chi connectivity index (χ4v) is 3.66. The van der Waals surface area contributed by atoms with Crippen molar-refractivity contribution >= 4 is 22.6 Å². The van der Waals surface area contributed by atoms with E-state index in [1.807, 2.05) is 35.2 Å². The van der Waals surface area contributed by atoms with Crippen LogP contribution in [0.4, 0.5) is 0 Å². The molecule has 2 aromatic heterocycles. The molecule has 1 aromatic carbocycles. The number of carbonyl (C=O) groups excluding carboxylic acids is 2. The third-order valence-electron chi connectivity index (χ3n) is 4.96. The van der Waals surface area contributed by atoms with Crippen LogP contribution >= 0.6 is 0 Å². The second-order valence-corrected chi connectivity index (χ2v) is 6.70. The van der Waals surface area contributed by atoms with Crippen molar-refractivity contribution in [1.29, 1.82) is 0 Å². The standard InChI is InChI=1S/C20H20N4O2/c1-23-13-14(12-22-23)19(25)11-15-5-4-10-24(15)20(26)17-6-2-8-18-16(17)7-3-9-21-18/h2-3,6-9,12-13,15H,4-5,10-11H2,1H3. The number of aromatic nitrogens is 3. The molecule has 26 heavy (non-hydrogen) atoms. The lowest BCUT2D eigenvalue weighted by Gasteiger charge is -2.24. The normalized spacial score (nSPS) is 17.0. The predicted octanol–water partition coefficient (Wildman–Crippen LogP) is 2.85. The highest BCUT2D eigenvalue weighted by molar-refractivity contribution is 6.06. The Morgan fingerprint density at radius 3 is 2.92 bits per heavy atom. The number of nitrogens with zero attached hydrogens (tertiary/aromatic N) is 4. The summed E-state index contributed by atoms with van der Waals surface area (Å²) in [5.41, 5.74) is 2.05. The molecule has 0 spiro atoms. The molecule has 1 aliphatic heterocycles. The van der Waals surface area contributed by atoms with Crippen molar-refractivity contribution in [2.24, 2.45) is 7.05 Å². The number of benzene rings is 1. The van der Waals surface area contributed by atoms with E-state index in [-0.39, 0.29) is 17.7 Å². The Kier molecular flexibility index (Phi) is 4.24. The summed E-state index contributed by atoms with van der Waals surface area (Å²) in [7, 11) is 1.79. The smallest absolute Gasteiger partial charge is 0.254 e. The van der Waals surface area contributed by atoms with Crippen LogP contribution < -0.4 is 0 Å². The summed E-state index contributed by atoms with van der Waals surface area (Å²) in [4.78, 5) is 31.9. The molecule has 1 atom stereocenters. The third-order valence-corrected chi connectivity index (χ3v) is 4.96. The summed E-state index contributed by atoms with van der Waals surface area (Å²) in [6, 6.07) is 9.29. The van der Waals surface area contributed by atoms with Gasteiger partial charge in [0, 0.05) is 49.4 Å². The van der Waals surface area contributed by atoms with Crippen molar-refractivity contribution in [2.75, 3.05) is 6.54 Å². The molecule has 1 saturated heterocycles. The lowest BCUT2D eigenvalue weighted by atomic mass is 10.0. The number of hydrogen-bond donors (Lipinski definition) is 0. The maximum absolute atomic E-state index is 13.2. The van der Waals surface area contributed by atoms with Gasteiger partial charge < -0.3 is 4.90 Å². The van der Waals surface area contributed by atoms with Crippen LogP contribution in [0.3, 0.4) is 0 Å². The Bertz CT molecular complexity index is 973. The van der Waals surface area contributed by atoms with Gasteiger partial charge in [-0.05, 0) is 31.0 Å². The van der Waals surface area contributed by atoms with E-state index in [4.69, 9.17) is 0 Å². The molecule has 132 valence electrons. The molecule has 6 nitrogen and oxygen atoms in total. The van der Waals surface area contributed by atoms with Crippen LogP contribution in [-0.4, -0.2) is 43.9 Å². The van der Waals surface area contributed by atoms with E-state index in [1.54, 1.807) is 30.3 Å². The molecule has 1 amide bonds. The highest BCUT2D eigenvalue weighted by Crippen LogP contribution is 2.26. The minimum Gasteiger partial charge on any atom is -0.335 e. The predicted molar refractivity (Wildman–Crippen MR) is 98.0 cm³/mol. The van der Waals surface area contributed by atoms with Gasteiger partial charge in [0.25, 0.3) is 5.91 Å². The van der Waals surface area contributed by atoms with Gasteiger partial charge in [0.05, 0.1) is 17.3 Å². The maximum Gasteiger partial charge on any atom is 0.254 e. The van der Waals surface area contributed by atoms with Crippen LogP contribution in [0.25, 0.3) is 10.9 Å². The first-order chi connectivity index (χ1) is 12.6. The summed E-state index contributed by atoms with van der Waals surface area (Å²) >= 11 is 0. The van der Waals surface area contributed by atoms with Gasteiger partial charge in [0.15, 0.2) is 5.78 Å². The summed E-state index contributed by atoms with van der Waals surface area (Å²) in [5.74, 6) is 0.00692. The number of ketones is 1. The summed E-state index contributed by atoms with van der Waals surface area (Å²) in [6.07, 6.45) is 7.13. The van der Waals surface area contributed by atoms with Crippen molar-refractivity contribution in [2.45, 2.75) is 25.3 Å². The van der Waals surface area contributed by atoms with Gasteiger partial charge in [-0.15, -0.1) is 0 Å². The molecule has 0 bridgehead atoms. The van der Waals surface area contributed by atoms with Crippen molar-refractivity contribution in [1.82, 2.24) is 19.7 Å². The second-order valence-electron chi connectivity index (χ2n) is 6.70. The van der Waals surface area contributed by atoms with E-state index in [9.17, 15) is 9.59 Å². The number of hydrogen-bond acceptors (Lipinski definition) is 4. The molecule has 4 rings (SSSR count). The fourth-order valence-electron chi connectivity index (χ4n) is 3.66. The fraction of sp³-hybridized carbons (Fsp3) is 0.300. The Morgan fingerprint density at radius 2 is 2.12 bits per heavy atom. The van der Waals surface area contributed by atoms with Crippen LogP contribution in [0.5, 0.6) is 0 Å². The van der Waals surface area contributed by atoms with E-state index in [0.29, 0.717) is 24.1 Å². The Morgan fingerprint density at radius 1 is 1.23 bits per heavy atom. The Labute approximate surface area is 151 Å². The minimum absolute atomic E-state index is 0.0231. The monoisotopic (exact) mass is 348 g/mol. The molecule has 3 heterocycles. The number of Topliss-reactive ketones (excluding diaryl/α,β-unsaturated/α-hetero) is 1. The Balaban J connectivity index is 1.57. The van der Waals surface area contributed by atoms with Crippen LogP contribution in [0.15, 0.2) is 48.9 Å². The Hall–Kier alpha value is -3.02. The largest absolute Gasteiger partial charge is 0.335 e. The van der Waals surface area contributed by atoms with Crippen LogP contribution in [0.1, 0.15) is 40.0 Å². The minimum atomic E-state index is -0.0675. The summed E-state index contributed by atoms with van der Waals surface area (Å²) in [6.45, 7) is 0.681. The topological polar surface area (TPSA) is 68.1 Å². The molecule has 0 aliphatic carbocycles. The van der Waals surface area contributed by atoms with Crippen molar-refractivity contribution in [3.8, 4) is 0 Å². The van der Waals surface area contributed by atoms with Gasteiger partial charge in [-0.1, -0.05) is 12.1 Å². The highest BCUT2D eigenvalue weighted by atomic mass is 16.2. The molecule has 1 fully saturated rings. The van der Waals surface area contributed by atoms with Crippen molar-refractivity contribution in [3.63, 3.8) is 0 Å². The van der Waals surface area contributed by atoms with E-state index in [1.165, 1.54) is 0 Å². The summed E-state index contributed by atoms with van der Waals surface area (Å²) in [5, 5.41) is 4.91. The maximum atomic E-state index is 13.2. The number of amides is 1. The summed E-state index contributed by atoms with van der Waals surface area (Å²) < 4.78 is 1.62. The number of fused-ring (bicyclic) bond motifs is 1. The van der Waals surface area contributed by atoms with Crippen LogP contribution in [0, 0.1) is 0 Å². The number of rotatable bonds is 4. The van der Waals surface area contributed by atoms with Gasteiger partial charge >= 0.3 is 0 Å². The van der Waals surface area contributed by atoms with Gasteiger partial charge in [-0.2, -0.15) is 5.10 Å². The first-order valence-electron chi connectivity index (χ1n) is 8.80. The van der Waals surface area contributed by atoms with Crippen LogP contribution in [0.2, 0.25) is 0 Å². The van der Waals surface area contributed by atoms with Crippen molar-refractivity contribution in [3.05, 3.63) is 60.0 Å². The molecule has 3 aromatic rings. The lowest BCUT2D eigenvalue weighted by Crippen LogP contribution is -2.37. The van der Waals surface area contributed by atoms with Gasteiger partial charge in [0.1, 0.15) is 0 Å². The number of pyridine rings is 1. The number of aryl methyl sites for hydroxylation is 1. The zero-order valence-corrected chi connectivity index (χ0v) is 14.6. The molecular weight excluding hydrogens is 328 g/mol. The molecule has 1 aliphatic rings. The van der Waals surface area contributed by atoms with E-state index >= 15 is 0 Å². The molecular formula is C20H20N4O2. The average molecular weight is 348 g/mol. The zero-order valence-electron chi connectivity index (χ0n) is 14.6. The first-order valence-corrected chi connectivity index (χ1v) is 8.80. The first kappa shape index (κ1) is 16.4. The number of likely N-dealkylation sites (tertiary alicyclic amines) is 1. The van der Waals surface area contributed by atoms with Gasteiger partial charge in [0.2, 0.25) is 0 Å². The molecule has 0 saturated carbocycles. The van der Waals surface area contributed by atoms with Crippen molar-refractivity contribution < 1.29 is 9.59 Å². The van der Waals surface area contributed by atoms with E-state index in [0.717, 1.165) is 23.7 Å². The van der Waals surface area contributed by atoms with Gasteiger partial charge in [-0.25, -0.2) is 0 Å². The molecule has 6 heteroatoms.